The SMILES string of the molecule is CC(NS(=O)(=O)c1ccc(NC(=O)c2cccs2)cc1)C1CC2CCC1C2. The van der Waals surface area contributed by atoms with Crippen LogP contribution in [0.2, 0.25) is 0 Å². The Morgan fingerprint density at radius 2 is 1.93 bits per heavy atom. The molecule has 144 valence electrons. The molecule has 0 saturated heterocycles. The summed E-state index contributed by atoms with van der Waals surface area (Å²) in [5.41, 5.74) is 0.577. The van der Waals surface area contributed by atoms with Gasteiger partial charge in [0, 0.05) is 11.7 Å². The normalized spacial score (nSPS) is 25.4. The molecule has 4 atom stereocenters. The quantitative estimate of drug-likeness (QED) is 0.761. The molecule has 2 aliphatic carbocycles. The van der Waals surface area contributed by atoms with Gasteiger partial charge in [-0.1, -0.05) is 12.5 Å². The first-order valence-corrected chi connectivity index (χ1v) is 11.8. The van der Waals surface area contributed by atoms with Gasteiger partial charge in [0.2, 0.25) is 10.0 Å². The average molecular weight is 405 g/mol. The Kier molecular flexibility index (Phi) is 5.09. The zero-order valence-electron chi connectivity index (χ0n) is 15.2. The highest BCUT2D eigenvalue weighted by atomic mass is 32.2. The topological polar surface area (TPSA) is 75.3 Å². The standard InChI is InChI=1S/C20H24N2O3S2/c1-13(18-12-14-4-5-15(18)11-14)22-27(24,25)17-8-6-16(7-9-17)21-20(23)19-3-2-10-26-19/h2-3,6-10,13-15,18,22H,4-5,11-12H2,1H3,(H,21,23). The summed E-state index contributed by atoms with van der Waals surface area (Å²) in [5, 5.41) is 4.62. The molecule has 1 amide bonds. The highest BCUT2D eigenvalue weighted by Crippen LogP contribution is 2.49. The molecule has 0 radical (unpaired) electrons. The summed E-state index contributed by atoms with van der Waals surface area (Å²) in [4.78, 5) is 12.9. The van der Waals surface area contributed by atoms with E-state index >= 15 is 0 Å². The summed E-state index contributed by atoms with van der Waals surface area (Å²) < 4.78 is 28.3. The van der Waals surface area contributed by atoms with Crippen molar-refractivity contribution in [2.24, 2.45) is 17.8 Å². The van der Waals surface area contributed by atoms with Gasteiger partial charge in [-0.25, -0.2) is 13.1 Å². The van der Waals surface area contributed by atoms with Crippen LogP contribution >= 0.6 is 11.3 Å². The molecule has 2 saturated carbocycles. The van der Waals surface area contributed by atoms with Crippen molar-refractivity contribution < 1.29 is 13.2 Å². The second-order valence-corrected chi connectivity index (χ2v) is 10.4. The van der Waals surface area contributed by atoms with E-state index in [0.29, 0.717) is 22.4 Å². The van der Waals surface area contributed by atoms with Crippen LogP contribution in [-0.2, 0) is 10.0 Å². The smallest absolute Gasteiger partial charge is 0.265 e. The molecule has 0 spiro atoms. The summed E-state index contributed by atoms with van der Waals surface area (Å²) in [7, 11) is -3.56. The second-order valence-electron chi connectivity index (χ2n) is 7.70. The van der Waals surface area contributed by atoms with E-state index in [-0.39, 0.29) is 16.8 Å². The highest BCUT2D eigenvalue weighted by molar-refractivity contribution is 7.89. The number of sulfonamides is 1. The van der Waals surface area contributed by atoms with E-state index in [0.717, 1.165) is 12.3 Å². The molecule has 2 aliphatic rings. The Balaban J connectivity index is 1.40. The van der Waals surface area contributed by atoms with Crippen LogP contribution in [0.3, 0.4) is 0 Å². The third-order valence-corrected chi connectivity index (χ3v) is 8.39. The first-order valence-electron chi connectivity index (χ1n) is 9.39. The van der Waals surface area contributed by atoms with Crippen LogP contribution in [0.4, 0.5) is 5.69 Å². The van der Waals surface area contributed by atoms with Crippen molar-refractivity contribution in [1.82, 2.24) is 4.72 Å². The van der Waals surface area contributed by atoms with Crippen LogP contribution in [0.1, 0.15) is 42.3 Å². The minimum atomic E-state index is -3.56. The monoisotopic (exact) mass is 404 g/mol. The number of benzene rings is 1. The largest absolute Gasteiger partial charge is 0.321 e. The molecule has 0 aliphatic heterocycles. The van der Waals surface area contributed by atoms with E-state index in [1.54, 1.807) is 30.3 Å². The fourth-order valence-electron chi connectivity index (χ4n) is 4.62. The lowest BCUT2D eigenvalue weighted by Crippen LogP contribution is -2.40. The minimum Gasteiger partial charge on any atom is -0.321 e. The van der Waals surface area contributed by atoms with E-state index in [1.165, 1.54) is 30.6 Å². The lowest BCUT2D eigenvalue weighted by Gasteiger charge is -2.28. The van der Waals surface area contributed by atoms with Crippen molar-refractivity contribution in [2.75, 3.05) is 5.32 Å². The van der Waals surface area contributed by atoms with Gasteiger partial charge in [-0.3, -0.25) is 4.79 Å². The van der Waals surface area contributed by atoms with Gasteiger partial charge >= 0.3 is 0 Å². The molecule has 7 heteroatoms. The van der Waals surface area contributed by atoms with Gasteiger partial charge in [0.1, 0.15) is 0 Å². The van der Waals surface area contributed by atoms with Crippen LogP contribution < -0.4 is 10.0 Å². The minimum absolute atomic E-state index is 0.0523. The van der Waals surface area contributed by atoms with E-state index in [9.17, 15) is 13.2 Å². The maximum atomic E-state index is 12.7. The zero-order valence-corrected chi connectivity index (χ0v) is 16.9. The molecule has 1 heterocycles. The van der Waals surface area contributed by atoms with Gasteiger partial charge in [0.25, 0.3) is 5.91 Å². The van der Waals surface area contributed by atoms with Gasteiger partial charge in [-0.15, -0.1) is 11.3 Å². The summed E-state index contributed by atoms with van der Waals surface area (Å²) >= 11 is 1.36. The van der Waals surface area contributed by atoms with Crippen LogP contribution in [0, 0.1) is 17.8 Å². The van der Waals surface area contributed by atoms with Crippen LogP contribution in [0.5, 0.6) is 0 Å². The van der Waals surface area contributed by atoms with Crippen molar-refractivity contribution in [3.63, 3.8) is 0 Å². The first-order chi connectivity index (χ1) is 12.9. The molecule has 27 heavy (non-hydrogen) atoms. The number of fused-ring (bicyclic) bond motifs is 2. The van der Waals surface area contributed by atoms with Crippen molar-refractivity contribution in [2.45, 2.75) is 43.5 Å². The fraction of sp³-hybridized carbons (Fsp3) is 0.450. The van der Waals surface area contributed by atoms with Crippen molar-refractivity contribution in [3.8, 4) is 0 Å². The molecule has 4 rings (SSSR count). The number of amides is 1. The number of nitrogens with one attached hydrogen (secondary N) is 2. The molecule has 2 bridgehead atoms. The molecule has 1 aromatic carbocycles. The van der Waals surface area contributed by atoms with Crippen LogP contribution in [0.25, 0.3) is 0 Å². The van der Waals surface area contributed by atoms with E-state index in [4.69, 9.17) is 0 Å². The molecule has 1 aromatic heterocycles. The Morgan fingerprint density at radius 1 is 1.15 bits per heavy atom. The molecule has 2 aromatic rings. The number of hydrogen-bond donors (Lipinski definition) is 2. The number of anilines is 1. The van der Waals surface area contributed by atoms with Gasteiger partial charge in [-0.2, -0.15) is 0 Å². The van der Waals surface area contributed by atoms with Crippen molar-refractivity contribution in [3.05, 3.63) is 46.7 Å². The number of carbonyl (C=O) groups is 1. The number of thiophene rings is 1. The highest BCUT2D eigenvalue weighted by Gasteiger charge is 2.42. The summed E-state index contributed by atoms with van der Waals surface area (Å²) in [5.74, 6) is 1.72. The van der Waals surface area contributed by atoms with E-state index < -0.39 is 10.0 Å². The van der Waals surface area contributed by atoms with E-state index in [2.05, 4.69) is 10.0 Å². The summed E-state index contributed by atoms with van der Waals surface area (Å²) in [6, 6.07) is 9.85. The van der Waals surface area contributed by atoms with Crippen molar-refractivity contribution in [1.29, 1.82) is 0 Å². The Morgan fingerprint density at radius 3 is 2.52 bits per heavy atom. The third kappa shape index (κ3) is 3.95. The maximum absolute atomic E-state index is 12.7. The molecular formula is C20H24N2O3S2. The summed E-state index contributed by atoms with van der Waals surface area (Å²) in [6.45, 7) is 1.98. The molecular weight excluding hydrogens is 380 g/mol. The van der Waals surface area contributed by atoms with Crippen LogP contribution in [0.15, 0.2) is 46.7 Å². The van der Waals surface area contributed by atoms with Gasteiger partial charge in [-0.05, 0) is 79.7 Å². The number of rotatable bonds is 6. The molecule has 4 unspecified atom stereocenters. The third-order valence-electron chi connectivity index (χ3n) is 5.94. The number of carbonyl (C=O) groups excluding carboxylic acids is 1. The molecule has 2 fully saturated rings. The zero-order chi connectivity index (χ0) is 19.0. The fourth-order valence-corrected chi connectivity index (χ4v) is 6.54. The molecule has 5 nitrogen and oxygen atoms in total. The first kappa shape index (κ1) is 18.7. The number of hydrogen-bond acceptors (Lipinski definition) is 4. The second kappa shape index (κ2) is 7.37. The predicted molar refractivity (Wildman–Crippen MR) is 107 cm³/mol. The molecule has 2 N–H and O–H groups in total. The Labute approximate surface area is 164 Å². The van der Waals surface area contributed by atoms with Crippen LogP contribution in [-0.4, -0.2) is 20.4 Å². The Bertz CT molecular complexity index is 907. The maximum Gasteiger partial charge on any atom is 0.265 e. The lowest BCUT2D eigenvalue weighted by atomic mass is 9.84. The van der Waals surface area contributed by atoms with Crippen molar-refractivity contribution >= 4 is 33.0 Å². The van der Waals surface area contributed by atoms with Gasteiger partial charge < -0.3 is 5.32 Å². The average Bonchev–Trinajstić information content (AvgIpc) is 3.39. The predicted octanol–water partition coefficient (Wildman–Crippen LogP) is 4.10. The van der Waals surface area contributed by atoms with Gasteiger partial charge in [0.15, 0.2) is 0 Å². The summed E-state index contributed by atoms with van der Waals surface area (Å²) in [6.07, 6.45) is 4.94. The van der Waals surface area contributed by atoms with E-state index in [1.807, 2.05) is 18.4 Å². The lowest BCUT2D eigenvalue weighted by molar-refractivity contribution is 0.103. The van der Waals surface area contributed by atoms with Gasteiger partial charge in [0.05, 0.1) is 9.77 Å². The Hall–Kier alpha value is -1.70.